The summed E-state index contributed by atoms with van der Waals surface area (Å²) in [6, 6.07) is 13.7. The molecule has 0 aromatic heterocycles. The molecule has 2 aromatic rings. The van der Waals surface area contributed by atoms with Crippen LogP contribution in [-0.4, -0.2) is 13.0 Å². The number of nitrogens with one attached hydrogen (secondary N) is 2. The van der Waals surface area contributed by atoms with Crippen molar-refractivity contribution in [1.29, 1.82) is 0 Å². The average Bonchev–Trinajstić information content (AvgIpc) is 2.41. The van der Waals surface area contributed by atoms with Gasteiger partial charge >= 0.3 is 0 Å². The number of hydrogen-bond donors (Lipinski definition) is 2. The van der Waals surface area contributed by atoms with Crippen LogP contribution in [0.15, 0.2) is 48.5 Å². The summed E-state index contributed by atoms with van der Waals surface area (Å²) < 4.78 is 13.1. The van der Waals surface area contributed by atoms with Crippen molar-refractivity contribution < 1.29 is 9.18 Å². The molecule has 0 fully saturated rings. The second-order valence-corrected chi connectivity index (χ2v) is 4.54. The average molecular weight is 272 g/mol. The normalized spacial score (nSPS) is 10.3. The molecular formula is C16H17FN2O. The van der Waals surface area contributed by atoms with E-state index in [1.807, 2.05) is 31.3 Å². The van der Waals surface area contributed by atoms with Crippen LogP contribution in [0.5, 0.6) is 0 Å². The molecule has 0 bridgehead atoms. The minimum atomic E-state index is -0.328. The Bertz CT molecular complexity index is 599. The fourth-order valence-corrected chi connectivity index (χ4v) is 2.01. The Morgan fingerprint density at radius 1 is 1.15 bits per heavy atom. The molecule has 0 aliphatic carbocycles. The Kier molecular flexibility index (Phi) is 4.85. The first-order valence-electron chi connectivity index (χ1n) is 6.46. The molecule has 0 saturated carbocycles. The van der Waals surface area contributed by atoms with Gasteiger partial charge in [0.25, 0.3) is 0 Å². The van der Waals surface area contributed by atoms with Crippen LogP contribution in [0.3, 0.4) is 0 Å². The SMILES string of the molecule is CNCc1ccccc1NC(=O)Cc1cccc(F)c1. The third kappa shape index (κ3) is 3.90. The third-order valence-corrected chi connectivity index (χ3v) is 2.91. The molecule has 20 heavy (non-hydrogen) atoms. The van der Waals surface area contributed by atoms with Crippen molar-refractivity contribution in [3.05, 3.63) is 65.5 Å². The third-order valence-electron chi connectivity index (χ3n) is 2.91. The van der Waals surface area contributed by atoms with Gasteiger partial charge in [-0.15, -0.1) is 0 Å². The number of carbonyl (C=O) groups excluding carboxylic acids is 1. The summed E-state index contributed by atoms with van der Waals surface area (Å²) >= 11 is 0. The summed E-state index contributed by atoms with van der Waals surface area (Å²) in [4.78, 5) is 12.0. The van der Waals surface area contributed by atoms with Gasteiger partial charge in [-0.25, -0.2) is 4.39 Å². The van der Waals surface area contributed by atoms with E-state index < -0.39 is 0 Å². The molecule has 0 saturated heterocycles. The Balaban J connectivity index is 2.05. The van der Waals surface area contributed by atoms with Gasteiger partial charge in [-0.1, -0.05) is 30.3 Å². The zero-order chi connectivity index (χ0) is 14.4. The fraction of sp³-hybridized carbons (Fsp3) is 0.188. The number of halogens is 1. The molecule has 0 aliphatic rings. The van der Waals surface area contributed by atoms with Gasteiger partial charge in [-0.2, -0.15) is 0 Å². The second-order valence-electron chi connectivity index (χ2n) is 4.54. The predicted molar refractivity (Wildman–Crippen MR) is 77.9 cm³/mol. The highest BCUT2D eigenvalue weighted by Crippen LogP contribution is 2.15. The number of hydrogen-bond acceptors (Lipinski definition) is 2. The lowest BCUT2D eigenvalue weighted by Gasteiger charge is -2.10. The molecule has 2 N–H and O–H groups in total. The number of anilines is 1. The van der Waals surface area contributed by atoms with E-state index in [4.69, 9.17) is 0 Å². The van der Waals surface area contributed by atoms with Crippen LogP contribution in [0.2, 0.25) is 0 Å². The summed E-state index contributed by atoms with van der Waals surface area (Å²) in [6.45, 7) is 0.677. The Labute approximate surface area is 117 Å². The van der Waals surface area contributed by atoms with Crippen LogP contribution in [0, 0.1) is 5.82 Å². The predicted octanol–water partition coefficient (Wildman–Crippen LogP) is 2.73. The lowest BCUT2D eigenvalue weighted by molar-refractivity contribution is -0.115. The van der Waals surface area contributed by atoms with Crippen molar-refractivity contribution in [2.75, 3.05) is 12.4 Å². The van der Waals surface area contributed by atoms with Crippen molar-refractivity contribution in [1.82, 2.24) is 5.32 Å². The number of benzene rings is 2. The van der Waals surface area contributed by atoms with Crippen molar-refractivity contribution in [2.45, 2.75) is 13.0 Å². The molecule has 4 heteroatoms. The van der Waals surface area contributed by atoms with Crippen molar-refractivity contribution in [3.63, 3.8) is 0 Å². The molecule has 0 radical (unpaired) electrons. The molecule has 0 atom stereocenters. The highest BCUT2D eigenvalue weighted by Gasteiger charge is 2.07. The van der Waals surface area contributed by atoms with Crippen LogP contribution in [0.1, 0.15) is 11.1 Å². The van der Waals surface area contributed by atoms with Crippen LogP contribution in [-0.2, 0) is 17.8 Å². The fourth-order valence-electron chi connectivity index (χ4n) is 2.01. The molecule has 3 nitrogen and oxygen atoms in total. The molecular weight excluding hydrogens is 255 g/mol. The minimum absolute atomic E-state index is 0.154. The number of rotatable bonds is 5. The largest absolute Gasteiger partial charge is 0.325 e. The van der Waals surface area contributed by atoms with Gasteiger partial charge in [-0.05, 0) is 36.4 Å². The minimum Gasteiger partial charge on any atom is -0.325 e. The van der Waals surface area contributed by atoms with E-state index in [1.165, 1.54) is 12.1 Å². The van der Waals surface area contributed by atoms with E-state index >= 15 is 0 Å². The molecule has 0 spiro atoms. The van der Waals surface area contributed by atoms with E-state index in [9.17, 15) is 9.18 Å². The standard InChI is InChI=1S/C16H17FN2O/c1-18-11-13-6-2-3-8-15(13)19-16(20)10-12-5-4-7-14(17)9-12/h2-9,18H,10-11H2,1H3,(H,19,20). The molecule has 2 rings (SSSR count). The molecule has 0 aliphatic heterocycles. The second kappa shape index (κ2) is 6.82. The molecule has 2 aromatic carbocycles. The molecule has 1 amide bonds. The van der Waals surface area contributed by atoms with Crippen LogP contribution in [0.4, 0.5) is 10.1 Å². The van der Waals surface area contributed by atoms with E-state index in [0.29, 0.717) is 12.1 Å². The van der Waals surface area contributed by atoms with Gasteiger partial charge in [-0.3, -0.25) is 4.79 Å². The van der Waals surface area contributed by atoms with Crippen molar-refractivity contribution in [3.8, 4) is 0 Å². The van der Waals surface area contributed by atoms with Gasteiger partial charge in [0.15, 0.2) is 0 Å². The first-order valence-corrected chi connectivity index (χ1v) is 6.46. The monoisotopic (exact) mass is 272 g/mol. The lowest BCUT2D eigenvalue weighted by atomic mass is 10.1. The quantitative estimate of drug-likeness (QED) is 0.878. The maximum atomic E-state index is 13.1. The number of para-hydroxylation sites is 1. The first kappa shape index (κ1) is 14.2. The van der Waals surface area contributed by atoms with Crippen LogP contribution < -0.4 is 10.6 Å². The topological polar surface area (TPSA) is 41.1 Å². The lowest BCUT2D eigenvalue weighted by Crippen LogP contribution is -2.17. The van der Waals surface area contributed by atoms with E-state index in [-0.39, 0.29) is 18.1 Å². The van der Waals surface area contributed by atoms with Crippen molar-refractivity contribution in [2.24, 2.45) is 0 Å². The maximum absolute atomic E-state index is 13.1. The summed E-state index contributed by atoms with van der Waals surface area (Å²) in [5, 5.41) is 5.92. The highest BCUT2D eigenvalue weighted by molar-refractivity contribution is 5.92. The first-order chi connectivity index (χ1) is 9.69. The van der Waals surface area contributed by atoms with Gasteiger partial charge in [0.05, 0.1) is 6.42 Å². The van der Waals surface area contributed by atoms with E-state index in [2.05, 4.69) is 10.6 Å². The van der Waals surface area contributed by atoms with Gasteiger partial charge < -0.3 is 10.6 Å². The summed E-state index contributed by atoms with van der Waals surface area (Å²) in [7, 11) is 1.85. The summed E-state index contributed by atoms with van der Waals surface area (Å²) in [5.41, 5.74) is 2.46. The summed E-state index contributed by atoms with van der Waals surface area (Å²) in [6.07, 6.45) is 0.158. The van der Waals surface area contributed by atoms with Gasteiger partial charge in [0.1, 0.15) is 5.82 Å². The van der Waals surface area contributed by atoms with Gasteiger partial charge in [0.2, 0.25) is 5.91 Å². The zero-order valence-corrected chi connectivity index (χ0v) is 11.3. The highest BCUT2D eigenvalue weighted by atomic mass is 19.1. The molecule has 0 heterocycles. The van der Waals surface area contributed by atoms with E-state index in [0.717, 1.165) is 11.3 Å². The van der Waals surface area contributed by atoms with Crippen LogP contribution >= 0.6 is 0 Å². The molecule has 0 unspecified atom stereocenters. The maximum Gasteiger partial charge on any atom is 0.228 e. The van der Waals surface area contributed by atoms with Crippen molar-refractivity contribution >= 4 is 11.6 Å². The molecule has 104 valence electrons. The van der Waals surface area contributed by atoms with E-state index in [1.54, 1.807) is 12.1 Å². The number of carbonyl (C=O) groups is 1. The number of amides is 1. The Morgan fingerprint density at radius 3 is 2.70 bits per heavy atom. The smallest absolute Gasteiger partial charge is 0.228 e. The Morgan fingerprint density at radius 2 is 1.95 bits per heavy atom. The zero-order valence-electron chi connectivity index (χ0n) is 11.3. The van der Waals surface area contributed by atoms with Crippen LogP contribution in [0.25, 0.3) is 0 Å². The Hall–Kier alpha value is -2.20. The van der Waals surface area contributed by atoms with Gasteiger partial charge in [0, 0.05) is 12.2 Å². The summed E-state index contributed by atoms with van der Waals surface area (Å²) in [5.74, 6) is -0.481.